The van der Waals surface area contributed by atoms with Crippen molar-refractivity contribution in [2.24, 2.45) is 5.92 Å². The minimum absolute atomic E-state index is 0.194. The largest absolute Gasteiger partial charge is 0.343 e. The standard InChI is InChI=1S/C18H29N3O3S/c1-19-12-9-16-10-13-21(14-11-16)18(22)8-5-15-3-6-17(7-4-15)25(23,24)20-2/h3-4,6-7,16,19-20H,5,8-14H2,1-2H3. The summed E-state index contributed by atoms with van der Waals surface area (Å²) in [6, 6.07) is 6.72. The molecule has 1 aliphatic rings. The number of amides is 1. The molecule has 1 amide bonds. The lowest BCUT2D eigenvalue weighted by molar-refractivity contribution is -0.132. The highest BCUT2D eigenvalue weighted by molar-refractivity contribution is 7.89. The molecule has 2 N–H and O–H groups in total. The Morgan fingerprint density at radius 2 is 1.80 bits per heavy atom. The monoisotopic (exact) mass is 367 g/mol. The van der Waals surface area contributed by atoms with Gasteiger partial charge in [-0.2, -0.15) is 0 Å². The number of hydrogen-bond donors (Lipinski definition) is 2. The molecule has 0 radical (unpaired) electrons. The van der Waals surface area contributed by atoms with Gasteiger partial charge in [0.25, 0.3) is 0 Å². The molecule has 25 heavy (non-hydrogen) atoms. The maximum Gasteiger partial charge on any atom is 0.240 e. The Bertz CT molecular complexity index is 651. The van der Waals surface area contributed by atoms with Crippen molar-refractivity contribution in [1.29, 1.82) is 0 Å². The molecular weight excluding hydrogens is 338 g/mol. The predicted octanol–water partition coefficient (Wildman–Crippen LogP) is 1.38. The molecule has 0 aliphatic carbocycles. The third-order valence-corrected chi connectivity index (χ3v) is 6.33. The number of nitrogens with one attached hydrogen (secondary N) is 2. The summed E-state index contributed by atoms with van der Waals surface area (Å²) in [7, 11) is -0.0408. The number of rotatable bonds is 8. The summed E-state index contributed by atoms with van der Waals surface area (Å²) in [5.74, 6) is 0.914. The quantitative estimate of drug-likeness (QED) is 0.727. The molecule has 1 saturated heterocycles. The van der Waals surface area contributed by atoms with Crippen LogP contribution in [0, 0.1) is 5.92 Å². The Kier molecular flexibility index (Phi) is 7.40. The third kappa shape index (κ3) is 5.80. The molecule has 1 aromatic carbocycles. The first-order valence-electron chi connectivity index (χ1n) is 8.91. The van der Waals surface area contributed by atoms with Gasteiger partial charge in [0.05, 0.1) is 4.90 Å². The van der Waals surface area contributed by atoms with E-state index < -0.39 is 10.0 Å². The Morgan fingerprint density at radius 3 is 2.36 bits per heavy atom. The molecule has 7 heteroatoms. The number of hydrogen-bond acceptors (Lipinski definition) is 4. The van der Waals surface area contributed by atoms with Crippen LogP contribution in [0.5, 0.6) is 0 Å². The van der Waals surface area contributed by atoms with E-state index in [-0.39, 0.29) is 10.8 Å². The van der Waals surface area contributed by atoms with Crippen molar-refractivity contribution in [1.82, 2.24) is 14.9 Å². The number of benzene rings is 1. The van der Waals surface area contributed by atoms with E-state index in [9.17, 15) is 13.2 Å². The van der Waals surface area contributed by atoms with Gasteiger partial charge in [-0.3, -0.25) is 4.79 Å². The van der Waals surface area contributed by atoms with Crippen molar-refractivity contribution in [2.45, 2.75) is 37.0 Å². The van der Waals surface area contributed by atoms with Gasteiger partial charge in [-0.15, -0.1) is 0 Å². The number of carbonyl (C=O) groups is 1. The van der Waals surface area contributed by atoms with E-state index in [2.05, 4.69) is 10.0 Å². The molecule has 0 bridgehead atoms. The number of piperidine rings is 1. The zero-order valence-corrected chi connectivity index (χ0v) is 15.9. The van der Waals surface area contributed by atoms with E-state index in [0.29, 0.717) is 12.8 Å². The fourth-order valence-electron chi connectivity index (χ4n) is 3.18. The van der Waals surface area contributed by atoms with Gasteiger partial charge in [0.2, 0.25) is 15.9 Å². The third-order valence-electron chi connectivity index (χ3n) is 4.90. The average Bonchev–Trinajstić information content (AvgIpc) is 2.65. The molecule has 6 nitrogen and oxygen atoms in total. The van der Waals surface area contributed by atoms with Crippen molar-refractivity contribution in [3.8, 4) is 0 Å². The Morgan fingerprint density at radius 1 is 1.16 bits per heavy atom. The smallest absolute Gasteiger partial charge is 0.240 e. The molecule has 1 aromatic rings. The minimum atomic E-state index is -3.41. The van der Waals surface area contributed by atoms with Crippen LogP contribution in [0.4, 0.5) is 0 Å². The second-order valence-corrected chi connectivity index (χ2v) is 8.45. The van der Waals surface area contributed by atoms with Gasteiger partial charge in [-0.05, 0) is 69.9 Å². The number of sulfonamides is 1. The van der Waals surface area contributed by atoms with Gasteiger partial charge in [0.1, 0.15) is 0 Å². The topological polar surface area (TPSA) is 78.5 Å². The zero-order valence-electron chi connectivity index (χ0n) is 15.1. The predicted molar refractivity (Wildman–Crippen MR) is 98.9 cm³/mol. The first-order chi connectivity index (χ1) is 12.0. The summed E-state index contributed by atoms with van der Waals surface area (Å²) >= 11 is 0. The molecular formula is C18H29N3O3S. The fraction of sp³-hybridized carbons (Fsp3) is 0.611. The van der Waals surface area contributed by atoms with E-state index in [1.165, 1.54) is 13.5 Å². The number of nitrogens with zero attached hydrogens (tertiary/aromatic N) is 1. The highest BCUT2D eigenvalue weighted by Crippen LogP contribution is 2.21. The SMILES string of the molecule is CNCCC1CCN(C(=O)CCc2ccc(S(=O)(=O)NC)cc2)CC1. The van der Waals surface area contributed by atoms with Gasteiger partial charge in [0, 0.05) is 19.5 Å². The lowest BCUT2D eigenvalue weighted by Gasteiger charge is -2.32. The highest BCUT2D eigenvalue weighted by atomic mass is 32.2. The lowest BCUT2D eigenvalue weighted by Crippen LogP contribution is -2.39. The summed E-state index contributed by atoms with van der Waals surface area (Å²) in [5, 5.41) is 3.18. The number of likely N-dealkylation sites (tertiary alicyclic amines) is 1. The number of aryl methyl sites for hydroxylation is 1. The van der Waals surface area contributed by atoms with Crippen molar-refractivity contribution < 1.29 is 13.2 Å². The van der Waals surface area contributed by atoms with Crippen molar-refractivity contribution in [3.63, 3.8) is 0 Å². The molecule has 1 aliphatic heterocycles. The zero-order chi connectivity index (χ0) is 18.3. The maximum atomic E-state index is 12.4. The van der Waals surface area contributed by atoms with Crippen LogP contribution in [-0.2, 0) is 21.2 Å². The summed E-state index contributed by atoms with van der Waals surface area (Å²) in [6.45, 7) is 2.75. The Labute approximate surface area is 151 Å². The normalized spacial score (nSPS) is 16.2. The van der Waals surface area contributed by atoms with Gasteiger partial charge < -0.3 is 10.2 Å². The van der Waals surface area contributed by atoms with E-state index in [0.717, 1.165) is 44.0 Å². The summed E-state index contributed by atoms with van der Waals surface area (Å²) in [6.07, 6.45) is 4.46. The molecule has 0 atom stereocenters. The van der Waals surface area contributed by atoms with Crippen LogP contribution < -0.4 is 10.0 Å². The summed E-state index contributed by atoms with van der Waals surface area (Å²) in [4.78, 5) is 14.6. The van der Waals surface area contributed by atoms with E-state index in [4.69, 9.17) is 0 Å². The molecule has 140 valence electrons. The minimum Gasteiger partial charge on any atom is -0.343 e. The van der Waals surface area contributed by atoms with Crippen molar-refractivity contribution in [3.05, 3.63) is 29.8 Å². The molecule has 0 aromatic heterocycles. The van der Waals surface area contributed by atoms with Crippen LogP contribution in [0.1, 0.15) is 31.2 Å². The van der Waals surface area contributed by atoms with Crippen LogP contribution in [0.25, 0.3) is 0 Å². The highest BCUT2D eigenvalue weighted by Gasteiger charge is 2.22. The van der Waals surface area contributed by atoms with Crippen LogP contribution in [0.15, 0.2) is 29.2 Å². The van der Waals surface area contributed by atoms with Gasteiger partial charge in [-0.25, -0.2) is 13.1 Å². The van der Waals surface area contributed by atoms with Gasteiger partial charge in [0.15, 0.2) is 0 Å². The van der Waals surface area contributed by atoms with Crippen LogP contribution >= 0.6 is 0 Å². The van der Waals surface area contributed by atoms with Crippen molar-refractivity contribution >= 4 is 15.9 Å². The molecule has 1 fully saturated rings. The maximum absolute atomic E-state index is 12.4. The van der Waals surface area contributed by atoms with Crippen LogP contribution in [0.2, 0.25) is 0 Å². The molecule has 1 heterocycles. The molecule has 0 spiro atoms. The first kappa shape index (κ1) is 19.9. The van der Waals surface area contributed by atoms with E-state index >= 15 is 0 Å². The molecule has 2 rings (SSSR count). The van der Waals surface area contributed by atoms with E-state index in [1.54, 1.807) is 24.3 Å². The second kappa shape index (κ2) is 9.31. The second-order valence-electron chi connectivity index (χ2n) is 6.57. The first-order valence-corrected chi connectivity index (χ1v) is 10.4. The lowest BCUT2D eigenvalue weighted by atomic mass is 9.93. The summed E-state index contributed by atoms with van der Waals surface area (Å²) < 4.78 is 25.7. The Balaban J connectivity index is 1.79. The average molecular weight is 368 g/mol. The van der Waals surface area contributed by atoms with Gasteiger partial charge >= 0.3 is 0 Å². The van der Waals surface area contributed by atoms with Gasteiger partial charge in [-0.1, -0.05) is 12.1 Å². The van der Waals surface area contributed by atoms with E-state index in [1.807, 2.05) is 11.9 Å². The van der Waals surface area contributed by atoms with Crippen molar-refractivity contribution in [2.75, 3.05) is 33.7 Å². The molecule has 0 saturated carbocycles. The van der Waals surface area contributed by atoms with Crippen LogP contribution in [0.3, 0.4) is 0 Å². The summed E-state index contributed by atoms with van der Waals surface area (Å²) in [5.41, 5.74) is 0.979. The van der Waals surface area contributed by atoms with Crippen LogP contribution in [-0.4, -0.2) is 53.0 Å². The molecule has 0 unspecified atom stereocenters. The fourth-order valence-corrected chi connectivity index (χ4v) is 3.91. The Hall–Kier alpha value is -1.44. The number of carbonyl (C=O) groups excluding carboxylic acids is 1.